The van der Waals surface area contributed by atoms with E-state index in [1.165, 1.54) is 12.6 Å². The highest BCUT2D eigenvalue weighted by molar-refractivity contribution is 5.96. The lowest BCUT2D eigenvalue weighted by Gasteiger charge is -2.29. The summed E-state index contributed by atoms with van der Waals surface area (Å²) < 4.78 is 7.42. The highest BCUT2D eigenvalue weighted by atomic mass is 16.4. The first-order chi connectivity index (χ1) is 16.9. The molecule has 0 spiro atoms. The molecular formula is C26H31N5O4. The number of carbonyl (C=O) groups is 3. The van der Waals surface area contributed by atoms with Crippen LogP contribution < -0.4 is 16.0 Å². The number of amides is 3. The number of nitrogens with one attached hydrogen (secondary N) is 3. The van der Waals surface area contributed by atoms with Crippen molar-refractivity contribution in [1.29, 1.82) is 0 Å². The Hall–Kier alpha value is -3.88. The molecule has 1 fully saturated rings. The van der Waals surface area contributed by atoms with Gasteiger partial charge in [0, 0.05) is 32.4 Å². The number of carbonyl (C=O) groups excluding carboxylic acids is 3. The Bertz CT molecular complexity index is 1190. The van der Waals surface area contributed by atoms with Crippen LogP contribution in [0.1, 0.15) is 58.6 Å². The molecule has 1 atom stereocenters. The summed E-state index contributed by atoms with van der Waals surface area (Å²) in [5.41, 5.74) is 2.17. The Kier molecular flexibility index (Phi) is 7.64. The van der Waals surface area contributed by atoms with E-state index in [0.29, 0.717) is 17.9 Å². The highest BCUT2D eigenvalue weighted by Crippen LogP contribution is 2.28. The molecule has 2 aromatic heterocycles. The van der Waals surface area contributed by atoms with Crippen LogP contribution in [0.5, 0.6) is 0 Å². The third kappa shape index (κ3) is 5.98. The maximum atomic E-state index is 12.9. The number of furan rings is 1. The lowest BCUT2D eigenvalue weighted by atomic mass is 9.83. The van der Waals surface area contributed by atoms with Crippen LogP contribution in [0.3, 0.4) is 0 Å². The van der Waals surface area contributed by atoms with Crippen LogP contribution in [0.2, 0.25) is 0 Å². The summed E-state index contributed by atoms with van der Waals surface area (Å²) in [6.45, 7) is 0.338. The molecule has 0 aliphatic heterocycles. The minimum absolute atomic E-state index is 0.126. The first kappa shape index (κ1) is 24.3. The third-order valence-electron chi connectivity index (χ3n) is 6.40. The van der Waals surface area contributed by atoms with Crippen LogP contribution in [-0.4, -0.2) is 40.6 Å². The van der Waals surface area contributed by atoms with Crippen LogP contribution >= 0.6 is 0 Å². The van der Waals surface area contributed by atoms with Crippen LogP contribution in [0.4, 0.5) is 0 Å². The van der Waals surface area contributed by atoms with Crippen molar-refractivity contribution in [2.75, 3.05) is 7.05 Å². The number of rotatable bonds is 8. The van der Waals surface area contributed by atoms with Gasteiger partial charge in [-0.1, -0.05) is 37.5 Å². The van der Waals surface area contributed by atoms with Gasteiger partial charge in [0.05, 0.1) is 11.8 Å². The first-order valence-corrected chi connectivity index (χ1v) is 11.9. The zero-order chi connectivity index (χ0) is 24.8. The van der Waals surface area contributed by atoms with E-state index in [2.05, 4.69) is 21.0 Å². The summed E-state index contributed by atoms with van der Waals surface area (Å²) >= 11 is 0. The molecule has 0 saturated heterocycles. The molecule has 0 unspecified atom stereocenters. The molecule has 3 amide bonds. The highest BCUT2D eigenvalue weighted by Gasteiger charge is 2.31. The lowest BCUT2D eigenvalue weighted by molar-refractivity contribution is -0.124. The van der Waals surface area contributed by atoms with E-state index >= 15 is 0 Å². The Morgan fingerprint density at radius 1 is 1.11 bits per heavy atom. The number of aryl methyl sites for hydroxylation is 1. The van der Waals surface area contributed by atoms with Gasteiger partial charge >= 0.3 is 0 Å². The van der Waals surface area contributed by atoms with Gasteiger partial charge in [0.2, 0.25) is 5.91 Å². The summed E-state index contributed by atoms with van der Waals surface area (Å²) in [6.07, 6.45) is 8.32. The van der Waals surface area contributed by atoms with Crippen LogP contribution in [0.15, 0.2) is 53.2 Å². The quantitative estimate of drug-likeness (QED) is 0.461. The molecule has 1 aliphatic rings. The first-order valence-electron chi connectivity index (χ1n) is 11.9. The molecule has 4 rings (SSSR count). The smallest absolute Gasteiger partial charge is 0.287 e. The van der Waals surface area contributed by atoms with Crippen LogP contribution in [0, 0.1) is 5.92 Å². The van der Waals surface area contributed by atoms with E-state index in [0.717, 1.165) is 36.8 Å². The van der Waals surface area contributed by atoms with Crippen LogP contribution in [-0.2, 0) is 18.4 Å². The SMILES string of the molecule is CNC(=O)[C@H](NC(=O)c1ccc(-c2cccc(CNC(=O)c3cnn(C)c3)c2)o1)C1CCCCC1. The van der Waals surface area contributed by atoms with Gasteiger partial charge in [-0.15, -0.1) is 0 Å². The van der Waals surface area contributed by atoms with Crippen molar-refractivity contribution < 1.29 is 18.8 Å². The standard InChI is InChI=1S/C26H31N5O4/c1-27-26(34)23(18-8-4-3-5-9-18)30-25(33)22-12-11-21(35-22)19-10-6-7-17(13-19)14-28-24(32)20-15-29-31(2)16-20/h6-7,10-13,15-16,18,23H,3-5,8-9,14H2,1-2H3,(H,27,34)(H,28,32)(H,30,33)/t23-/m1/s1. The molecule has 0 bridgehead atoms. The number of aromatic nitrogens is 2. The molecule has 1 aromatic carbocycles. The minimum atomic E-state index is -0.576. The van der Waals surface area contributed by atoms with Crippen LogP contribution in [0.25, 0.3) is 11.3 Å². The van der Waals surface area contributed by atoms with Gasteiger partial charge < -0.3 is 20.4 Å². The zero-order valence-corrected chi connectivity index (χ0v) is 20.0. The number of nitrogens with zero attached hydrogens (tertiary/aromatic N) is 2. The summed E-state index contributed by atoms with van der Waals surface area (Å²) in [5.74, 6) is 0.0165. The number of hydrogen-bond acceptors (Lipinski definition) is 5. The van der Waals surface area contributed by atoms with E-state index in [9.17, 15) is 14.4 Å². The molecule has 1 saturated carbocycles. The largest absolute Gasteiger partial charge is 0.451 e. The van der Waals surface area contributed by atoms with Crippen molar-refractivity contribution in [1.82, 2.24) is 25.7 Å². The average molecular weight is 478 g/mol. The van der Waals surface area contributed by atoms with Crippen molar-refractivity contribution in [2.24, 2.45) is 13.0 Å². The monoisotopic (exact) mass is 477 g/mol. The van der Waals surface area contributed by atoms with E-state index < -0.39 is 11.9 Å². The molecule has 0 radical (unpaired) electrons. The van der Waals surface area contributed by atoms with Crippen molar-refractivity contribution in [3.05, 3.63) is 65.7 Å². The van der Waals surface area contributed by atoms with Gasteiger partial charge in [0.25, 0.3) is 11.8 Å². The van der Waals surface area contributed by atoms with Crippen molar-refractivity contribution in [3.8, 4) is 11.3 Å². The molecule has 184 valence electrons. The molecule has 3 N–H and O–H groups in total. The Labute approximate surface area is 204 Å². The number of hydrogen-bond donors (Lipinski definition) is 3. The molecule has 9 heteroatoms. The van der Waals surface area contributed by atoms with Crippen molar-refractivity contribution >= 4 is 17.7 Å². The summed E-state index contributed by atoms with van der Waals surface area (Å²) in [5, 5.41) is 12.4. The molecule has 2 heterocycles. The van der Waals surface area contributed by atoms with Gasteiger partial charge in [0.15, 0.2) is 5.76 Å². The molecule has 9 nitrogen and oxygen atoms in total. The predicted molar refractivity (Wildman–Crippen MR) is 130 cm³/mol. The zero-order valence-electron chi connectivity index (χ0n) is 20.0. The Morgan fingerprint density at radius 3 is 2.63 bits per heavy atom. The fourth-order valence-corrected chi connectivity index (χ4v) is 4.51. The summed E-state index contributed by atoms with van der Waals surface area (Å²) in [7, 11) is 3.34. The van der Waals surface area contributed by atoms with Gasteiger partial charge in [-0.25, -0.2) is 0 Å². The minimum Gasteiger partial charge on any atom is -0.451 e. The third-order valence-corrected chi connectivity index (χ3v) is 6.40. The Morgan fingerprint density at radius 2 is 1.91 bits per heavy atom. The summed E-state index contributed by atoms with van der Waals surface area (Å²) in [4.78, 5) is 37.6. The molecule has 1 aliphatic carbocycles. The predicted octanol–water partition coefficient (Wildman–Crippen LogP) is 3.03. The van der Waals surface area contributed by atoms with E-state index in [4.69, 9.17) is 4.42 Å². The number of likely N-dealkylation sites (N-methyl/N-ethyl adjacent to an activating group) is 1. The fraction of sp³-hybridized carbons (Fsp3) is 0.385. The number of benzene rings is 1. The van der Waals surface area contributed by atoms with Gasteiger partial charge in [0.1, 0.15) is 11.8 Å². The topological polar surface area (TPSA) is 118 Å². The molecule has 3 aromatic rings. The van der Waals surface area contributed by atoms with Gasteiger partial charge in [-0.3, -0.25) is 19.1 Å². The fourth-order valence-electron chi connectivity index (χ4n) is 4.51. The normalized spacial score (nSPS) is 14.8. The second-order valence-corrected chi connectivity index (χ2v) is 8.91. The molecular weight excluding hydrogens is 446 g/mol. The van der Waals surface area contributed by atoms with Gasteiger partial charge in [-0.05, 0) is 42.5 Å². The second-order valence-electron chi connectivity index (χ2n) is 8.91. The van der Waals surface area contributed by atoms with Crippen molar-refractivity contribution in [3.63, 3.8) is 0 Å². The average Bonchev–Trinajstić information content (AvgIpc) is 3.56. The van der Waals surface area contributed by atoms with Crippen molar-refractivity contribution in [2.45, 2.75) is 44.7 Å². The molecule has 35 heavy (non-hydrogen) atoms. The maximum absolute atomic E-state index is 12.9. The summed E-state index contributed by atoms with van der Waals surface area (Å²) in [6, 6.07) is 10.3. The van der Waals surface area contributed by atoms with Gasteiger partial charge in [-0.2, -0.15) is 5.10 Å². The lowest BCUT2D eigenvalue weighted by Crippen LogP contribution is -2.50. The second kappa shape index (κ2) is 11.0. The van der Waals surface area contributed by atoms with E-state index in [1.54, 1.807) is 37.1 Å². The van der Waals surface area contributed by atoms with E-state index in [-0.39, 0.29) is 23.5 Å². The maximum Gasteiger partial charge on any atom is 0.287 e. The Balaban J connectivity index is 1.41. The van der Waals surface area contributed by atoms with E-state index in [1.807, 2.05) is 24.3 Å².